The smallest absolute Gasteiger partial charge is 0.255 e. The molecule has 0 bridgehead atoms. The van der Waals surface area contributed by atoms with E-state index in [4.69, 9.17) is 0 Å². The van der Waals surface area contributed by atoms with Crippen molar-refractivity contribution in [1.29, 1.82) is 0 Å². The number of carbonyl (C=O) groups is 1. The van der Waals surface area contributed by atoms with Crippen LogP contribution in [0.15, 0.2) is 35.0 Å². The Labute approximate surface area is 110 Å². The molecule has 1 atom stereocenters. The van der Waals surface area contributed by atoms with Crippen molar-refractivity contribution in [2.75, 3.05) is 0 Å². The summed E-state index contributed by atoms with van der Waals surface area (Å²) in [5.41, 5.74) is 2.33. The maximum absolute atomic E-state index is 12.1. The van der Waals surface area contributed by atoms with Crippen molar-refractivity contribution in [3.63, 3.8) is 0 Å². The molecule has 0 aliphatic carbocycles. The Kier molecular flexibility index (Phi) is 3.67. The number of amides is 1. The van der Waals surface area contributed by atoms with Gasteiger partial charge in [0.15, 0.2) is 0 Å². The van der Waals surface area contributed by atoms with Crippen LogP contribution in [0.25, 0.3) is 0 Å². The Morgan fingerprint density at radius 2 is 2.17 bits per heavy atom. The molecule has 1 amide bonds. The van der Waals surface area contributed by atoms with E-state index in [1.807, 2.05) is 30.7 Å². The fourth-order valence-electron chi connectivity index (χ4n) is 1.71. The molecule has 0 aliphatic rings. The molecule has 0 fully saturated rings. The molecule has 2 rings (SSSR count). The van der Waals surface area contributed by atoms with Gasteiger partial charge in [0.05, 0.1) is 11.6 Å². The Morgan fingerprint density at radius 3 is 2.83 bits per heavy atom. The molecule has 2 aromatic rings. The summed E-state index contributed by atoms with van der Waals surface area (Å²) in [6, 6.07) is 6.91. The van der Waals surface area contributed by atoms with Crippen molar-refractivity contribution in [2.45, 2.75) is 19.9 Å². The van der Waals surface area contributed by atoms with E-state index < -0.39 is 0 Å². The molecular formula is C14H15NO2S. The quantitative estimate of drug-likeness (QED) is 0.891. The highest BCUT2D eigenvalue weighted by atomic mass is 32.1. The van der Waals surface area contributed by atoms with Crippen molar-refractivity contribution < 1.29 is 9.90 Å². The summed E-state index contributed by atoms with van der Waals surface area (Å²) in [5.74, 6) is -0.245. The number of hydrogen-bond donors (Lipinski definition) is 2. The zero-order valence-corrected chi connectivity index (χ0v) is 11.1. The van der Waals surface area contributed by atoms with Gasteiger partial charge in [0.1, 0.15) is 5.75 Å². The van der Waals surface area contributed by atoms with Gasteiger partial charge in [0.25, 0.3) is 5.91 Å². The second-order valence-electron chi connectivity index (χ2n) is 4.27. The minimum atomic E-state index is -0.255. The number of nitrogens with one attached hydrogen (secondary N) is 1. The van der Waals surface area contributed by atoms with Crippen molar-refractivity contribution in [2.24, 2.45) is 0 Å². The third kappa shape index (κ3) is 2.71. The third-order valence-corrected chi connectivity index (χ3v) is 3.49. The van der Waals surface area contributed by atoms with Gasteiger partial charge in [-0.15, -0.1) is 0 Å². The number of thiophene rings is 1. The molecule has 0 aliphatic heterocycles. The van der Waals surface area contributed by atoms with E-state index in [1.54, 1.807) is 29.5 Å². The van der Waals surface area contributed by atoms with Crippen molar-refractivity contribution >= 4 is 17.2 Å². The monoisotopic (exact) mass is 261 g/mol. The van der Waals surface area contributed by atoms with E-state index in [0.717, 1.165) is 11.1 Å². The molecule has 0 spiro atoms. The maximum Gasteiger partial charge on any atom is 0.255 e. The molecule has 94 valence electrons. The van der Waals surface area contributed by atoms with Crippen LogP contribution in [0.5, 0.6) is 5.75 Å². The first-order chi connectivity index (χ1) is 8.58. The second-order valence-corrected chi connectivity index (χ2v) is 5.05. The lowest BCUT2D eigenvalue weighted by Gasteiger charge is -2.13. The number of carbonyl (C=O) groups excluding carboxylic acids is 1. The molecule has 1 aromatic carbocycles. The lowest BCUT2D eigenvalue weighted by molar-refractivity contribution is 0.0937. The van der Waals surface area contributed by atoms with Crippen LogP contribution in [-0.2, 0) is 0 Å². The van der Waals surface area contributed by atoms with Gasteiger partial charge in [-0.05, 0) is 48.4 Å². The highest BCUT2D eigenvalue weighted by molar-refractivity contribution is 7.07. The number of aryl methyl sites for hydroxylation is 1. The summed E-state index contributed by atoms with van der Waals surface area (Å²) in [6.07, 6.45) is 0. The van der Waals surface area contributed by atoms with Crippen LogP contribution < -0.4 is 5.32 Å². The van der Waals surface area contributed by atoms with Gasteiger partial charge in [-0.1, -0.05) is 11.6 Å². The van der Waals surface area contributed by atoms with E-state index in [-0.39, 0.29) is 17.7 Å². The first-order valence-electron chi connectivity index (χ1n) is 5.70. The standard InChI is InChI=1S/C14H15NO2S/c1-9-3-4-13(16)12(7-9)14(17)15-10(2)11-5-6-18-8-11/h3-8,10,16H,1-2H3,(H,15,17). The zero-order valence-electron chi connectivity index (χ0n) is 10.3. The number of phenolic OH excluding ortho intramolecular Hbond substituents is 1. The average molecular weight is 261 g/mol. The number of benzene rings is 1. The molecule has 1 aromatic heterocycles. The molecule has 2 N–H and O–H groups in total. The molecule has 18 heavy (non-hydrogen) atoms. The van der Waals surface area contributed by atoms with Crippen LogP contribution in [0.1, 0.15) is 34.5 Å². The van der Waals surface area contributed by atoms with Gasteiger partial charge >= 0.3 is 0 Å². The van der Waals surface area contributed by atoms with Gasteiger partial charge in [-0.2, -0.15) is 11.3 Å². The van der Waals surface area contributed by atoms with E-state index in [2.05, 4.69) is 5.32 Å². The van der Waals surface area contributed by atoms with Crippen LogP contribution in [0, 0.1) is 6.92 Å². The topological polar surface area (TPSA) is 49.3 Å². The normalized spacial score (nSPS) is 12.1. The first kappa shape index (κ1) is 12.6. The van der Waals surface area contributed by atoms with Gasteiger partial charge in [-0.25, -0.2) is 0 Å². The van der Waals surface area contributed by atoms with Crippen molar-refractivity contribution in [3.8, 4) is 5.75 Å². The van der Waals surface area contributed by atoms with Crippen molar-refractivity contribution in [1.82, 2.24) is 5.32 Å². The molecule has 0 saturated carbocycles. The third-order valence-electron chi connectivity index (χ3n) is 2.79. The number of phenols is 1. The van der Waals surface area contributed by atoms with E-state index >= 15 is 0 Å². The van der Waals surface area contributed by atoms with Crippen molar-refractivity contribution in [3.05, 3.63) is 51.7 Å². The van der Waals surface area contributed by atoms with Crippen LogP contribution in [0.3, 0.4) is 0 Å². The summed E-state index contributed by atoms with van der Waals surface area (Å²) >= 11 is 1.60. The Hall–Kier alpha value is -1.81. The van der Waals surface area contributed by atoms with Gasteiger partial charge in [-0.3, -0.25) is 4.79 Å². The zero-order chi connectivity index (χ0) is 13.1. The number of aromatic hydroxyl groups is 1. The minimum absolute atomic E-state index is 0.00983. The van der Waals surface area contributed by atoms with Gasteiger partial charge < -0.3 is 10.4 Å². The highest BCUT2D eigenvalue weighted by Gasteiger charge is 2.14. The lowest BCUT2D eigenvalue weighted by atomic mass is 10.1. The molecular weight excluding hydrogens is 246 g/mol. The summed E-state index contributed by atoms with van der Waals surface area (Å²) in [6.45, 7) is 3.81. The highest BCUT2D eigenvalue weighted by Crippen LogP contribution is 2.20. The molecule has 1 heterocycles. The summed E-state index contributed by atoms with van der Waals surface area (Å²) in [5, 5.41) is 16.5. The van der Waals surface area contributed by atoms with Crippen LogP contribution in [-0.4, -0.2) is 11.0 Å². The van der Waals surface area contributed by atoms with Crippen LogP contribution in [0.4, 0.5) is 0 Å². The summed E-state index contributed by atoms with van der Waals surface area (Å²) < 4.78 is 0. The van der Waals surface area contributed by atoms with E-state index in [0.29, 0.717) is 5.56 Å². The van der Waals surface area contributed by atoms with Crippen LogP contribution >= 0.6 is 11.3 Å². The fourth-order valence-corrected chi connectivity index (χ4v) is 2.46. The number of rotatable bonds is 3. The van der Waals surface area contributed by atoms with Crippen LogP contribution in [0.2, 0.25) is 0 Å². The molecule has 1 unspecified atom stereocenters. The fraction of sp³-hybridized carbons (Fsp3) is 0.214. The molecule has 0 saturated heterocycles. The average Bonchev–Trinajstić information content (AvgIpc) is 2.85. The van der Waals surface area contributed by atoms with E-state index in [9.17, 15) is 9.90 Å². The Morgan fingerprint density at radius 1 is 1.39 bits per heavy atom. The predicted molar refractivity (Wildman–Crippen MR) is 73.0 cm³/mol. The second kappa shape index (κ2) is 5.23. The number of hydrogen-bond acceptors (Lipinski definition) is 3. The predicted octanol–water partition coefficient (Wildman–Crippen LogP) is 3.25. The maximum atomic E-state index is 12.1. The molecule has 4 heteroatoms. The summed E-state index contributed by atoms with van der Waals surface area (Å²) in [7, 11) is 0. The lowest BCUT2D eigenvalue weighted by Crippen LogP contribution is -2.26. The van der Waals surface area contributed by atoms with Gasteiger partial charge in [0, 0.05) is 0 Å². The van der Waals surface area contributed by atoms with Gasteiger partial charge in [0.2, 0.25) is 0 Å². The minimum Gasteiger partial charge on any atom is -0.507 e. The molecule has 3 nitrogen and oxygen atoms in total. The SMILES string of the molecule is Cc1ccc(O)c(C(=O)NC(C)c2ccsc2)c1. The van der Waals surface area contributed by atoms with E-state index in [1.165, 1.54) is 0 Å². The summed E-state index contributed by atoms with van der Waals surface area (Å²) in [4.78, 5) is 12.1. The Bertz CT molecular complexity index is 549. The Balaban J connectivity index is 2.15. The first-order valence-corrected chi connectivity index (χ1v) is 6.65. The largest absolute Gasteiger partial charge is 0.507 e. The molecule has 0 radical (unpaired) electrons.